The van der Waals surface area contributed by atoms with Crippen LogP contribution in [-0.4, -0.2) is 19.0 Å². The first-order chi connectivity index (χ1) is 15.9. The van der Waals surface area contributed by atoms with Gasteiger partial charge in [-0.1, -0.05) is 67.8 Å². The van der Waals surface area contributed by atoms with E-state index in [9.17, 15) is 9.67 Å². The SMILES string of the molecule is CCCCCc1cc(O)c(-c2cccc(C)c2)c(OCOP(=O)(OC)Oc2ccccc2)c1. The van der Waals surface area contributed by atoms with Crippen molar-refractivity contribution in [2.45, 2.75) is 39.5 Å². The molecule has 1 unspecified atom stereocenters. The number of unbranched alkanes of at least 4 members (excludes halogenated alkanes) is 2. The van der Waals surface area contributed by atoms with E-state index in [1.165, 1.54) is 7.11 Å². The second-order valence-corrected chi connectivity index (χ2v) is 9.44. The third-order valence-corrected chi connectivity index (χ3v) is 6.43. The van der Waals surface area contributed by atoms with E-state index < -0.39 is 7.82 Å². The minimum absolute atomic E-state index is 0.125. The number of ether oxygens (including phenoxy) is 1. The van der Waals surface area contributed by atoms with Crippen molar-refractivity contribution in [3.63, 3.8) is 0 Å². The van der Waals surface area contributed by atoms with Crippen LogP contribution in [0.5, 0.6) is 17.2 Å². The van der Waals surface area contributed by atoms with Gasteiger partial charge in [0.25, 0.3) is 0 Å². The summed E-state index contributed by atoms with van der Waals surface area (Å²) in [5.41, 5.74) is 3.39. The summed E-state index contributed by atoms with van der Waals surface area (Å²) in [5, 5.41) is 10.8. The van der Waals surface area contributed by atoms with Crippen molar-refractivity contribution in [3.05, 3.63) is 77.9 Å². The molecule has 0 aromatic heterocycles. The number of benzene rings is 3. The molecule has 0 aliphatic rings. The van der Waals surface area contributed by atoms with Crippen LogP contribution in [0.15, 0.2) is 66.7 Å². The normalized spacial score (nSPS) is 12.8. The summed E-state index contributed by atoms with van der Waals surface area (Å²) in [5.74, 6) is 0.924. The van der Waals surface area contributed by atoms with Gasteiger partial charge in [0, 0.05) is 7.11 Å². The van der Waals surface area contributed by atoms with Gasteiger partial charge < -0.3 is 14.4 Å². The third-order valence-electron chi connectivity index (χ3n) is 5.13. The summed E-state index contributed by atoms with van der Waals surface area (Å²) in [7, 11) is -2.63. The Morgan fingerprint density at radius 3 is 2.45 bits per heavy atom. The molecule has 0 saturated carbocycles. The first kappa shape index (κ1) is 24.8. The molecule has 0 aliphatic heterocycles. The van der Waals surface area contributed by atoms with Gasteiger partial charge in [-0.25, -0.2) is 9.09 Å². The van der Waals surface area contributed by atoms with Crippen molar-refractivity contribution in [1.82, 2.24) is 0 Å². The van der Waals surface area contributed by atoms with Crippen molar-refractivity contribution in [2.24, 2.45) is 0 Å². The van der Waals surface area contributed by atoms with E-state index in [0.717, 1.165) is 42.4 Å². The first-order valence-electron chi connectivity index (χ1n) is 11.0. The molecule has 6 nitrogen and oxygen atoms in total. The van der Waals surface area contributed by atoms with Crippen molar-refractivity contribution in [1.29, 1.82) is 0 Å². The Bertz CT molecular complexity index is 1080. The Morgan fingerprint density at radius 1 is 0.970 bits per heavy atom. The highest BCUT2D eigenvalue weighted by molar-refractivity contribution is 7.48. The molecule has 0 aliphatic carbocycles. The summed E-state index contributed by atoms with van der Waals surface area (Å²) in [4.78, 5) is 0. The molecule has 3 rings (SSSR count). The Hall–Kier alpha value is -2.79. The number of aryl methyl sites for hydroxylation is 2. The van der Waals surface area contributed by atoms with Gasteiger partial charge in [0.2, 0.25) is 6.79 Å². The van der Waals surface area contributed by atoms with E-state index in [1.54, 1.807) is 30.3 Å². The number of phenols is 1. The first-order valence-corrected chi connectivity index (χ1v) is 12.5. The number of para-hydroxylation sites is 1. The summed E-state index contributed by atoms with van der Waals surface area (Å²) in [6, 6.07) is 20.1. The molecular weight excluding hydrogens is 439 g/mol. The predicted molar refractivity (Wildman–Crippen MR) is 130 cm³/mol. The molecule has 176 valence electrons. The lowest BCUT2D eigenvalue weighted by Crippen LogP contribution is -2.07. The van der Waals surface area contributed by atoms with Crippen LogP contribution in [0, 0.1) is 6.92 Å². The number of phenolic OH excluding ortho intramolecular Hbond substituents is 1. The predicted octanol–water partition coefficient (Wildman–Crippen LogP) is 7.29. The summed E-state index contributed by atoms with van der Waals surface area (Å²) >= 11 is 0. The van der Waals surface area contributed by atoms with Crippen LogP contribution in [-0.2, 0) is 20.0 Å². The fourth-order valence-corrected chi connectivity index (χ4v) is 4.26. The van der Waals surface area contributed by atoms with E-state index >= 15 is 0 Å². The maximum absolute atomic E-state index is 12.9. The van der Waals surface area contributed by atoms with Gasteiger partial charge in [0.05, 0.1) is 5.56 Å². The lowest BCUT2D eigenvalue weighted by molar-refractivity contribution is 0.0784. The number of hydrogen-bond donors (Lipinski definition) is 1. The molecule has 0 amide bonds. The van der Waals surface area contributed by atoms with Crippen LogP contribution in [0.25, 0.3) is 11.1 Å². The lowest BCUT2D eigenvalue weighted by atomic mass is 9.98. The molecule has 3 aromatic carbocycles. The van der Waals surface area contributed by atoms with E-state index in [0.29, 0.717) is 17.1 Å². The standard InChI is InChI=1S/C26H31O6P/c1-4-5-7-12-21-17-24(27)26(22-13-10-11-20(2)16-22)25(18-21)30-19-31-33(28,29-3)32-23-14-8-6-9-15-23/h6,8-11,13-18,27H,4-5,7,12,19H2,1-3H3. The second-order valence-electron chi connectivity index (χ2n) is 7.74. The molecule has 0 fully saturated rings. The molecule has 3 aromatic rings. The molecule has 0 spiro atoms. The quantitative estimate of drug-likeness (QED) is 0.170. The zero-order valence-corrected chi connectivity index (χ0v) is 20.2. The maximum Gasteiger partial charge on any atom is 0.532 e. The average molecular weight is 471 g/mol. The highest BCUT2D eigenvalue weighted by Gasteiger charge is 2.27. The van der Waals surface area contributed by atoms with Crippen LogP contribution in [0.4, 0.5) is 0 Å². The van der Waals surface area contributed by atoms with Crippen LogP contribution in [0.2, 0.25) is 0 Å². The minimum atomic E-state index is -3.89. The summed E-state index contributed by atoms with van der Waals surface area (Å²) in [6.45, 7) is 3.75. The zero-order valence-electron chi connectivity index (χ0n) is 19.3. The van der Waals surface area contributed by atoms with Crippen LogP contribution in [0.3, 0.4) is 0 Å². The molecule has 0 bridgehead atoms. The van der Waals surface area contributed by atoms with E-state index in [-0.39, 0.29) is 12.5 Å². The summed E-state index contributed by atoms with van der Waals surface area (Å²) < 4.78 is 34.5. The Labute approximate surface area is 195 Å². The maximum atomic E-state index is 12.9. The molecule has 0 radical (unpaired) electrons. The van der Waals surface area contributed by atoms with E-state index in [2.05, 4.69) is 6.92 Å². The van der Waals surface area contributed by atoms with Crippen LogP contribution < -0.4 is 9.26 Å². The molecule has 7 heteroatoms. The monoisotopic (exact) mass is 470 g/mol. The van der Waals surface area contributed by atoms with Gasteiger partial charge in [-0.15, -0.1) is 0 Å². The van der Waals surface area contributed by atoms with Crippen molar-refractivity contribution >= 4 is 7.82 Å². The van der Waals surface area contributed by atoms with Gasteiger partial charge in [0.1, 0.15) is 17.2 Å². The summed E-state index contributed by atoms with van der Waals surface area (Å²) in [6.07, 6.45) is 4.05. The van der Waals surface area contributed by atoms with E-state index in [1.807, 2.05) is 43.3 Å². The highest BCUT2D eigenvalue weighted by Crippen LogP contribution is 2.49. The van der Waals surface area contributed by atoms with Crippen molar-refractivity contribution in [2.75, 3.05) is 13.9 Å². The topological polar surface area (TPSA) is 74.2 Å². The fourth-order valence-electron chi connectivity index (χ4n) is 3.47. The lowest BCUT2D eigenvalue weighted by Gasteiger charge is -2.19. The van der Waals surface area contributed by atoms with Crippen LogP contribution in [0.1, 0.15) is 37.3 Å². The van der Waals surface area contributed by atoms with Gasteiger partial charge in [-0.3, -0.25) is 4.52 Å². The molecular formula is C26H31O6P. The van der Waals surface area contributed by atoms with Crippen molar-refractivity contribution in [3.8, 4) is 28.4 Å². The third kappa shape index (κ3) is 7.10. The zero-order chi connectivity index (χ0) is 23.7. The second kappa shape index (κ2) is 11.9. The fraction of sp³-hybridized carbons (Fsp3) is 0.308. The number of phosphoric acid groups is 1. The van der Waals surface area contributed by atoms with Crippen molar-refractivity contribution < 1.29 is 28.0 Å². The molecule has 1 atom stereocenters. The number of rotatable bonds is 12. The Balaban J connectivity index is 1.82. The Kier molecular flexibility index (Phi) is 8.95. The van der Waals surface area contributed by atoms with Gasteiger partial charge >= 0.3 is 7.82 Å². The molecule has 33 heavy (non-hydrogen) atoms. The van der Waals surface area contributed by atoms with Gasteiger partial charge in [-0.05, 0) is 55.2 Å². The number of aromatic hydroxyl groups is 1. The average Bonchev–Trinajstić information content (AvgIpc) is 2.80. The molecule has 1 N–H and O–H groups in total. The number of hydrogen-bond acceptors (Lipinski definition) is 6. The van der Waals surface area contributed by atoms with E-state index in [4.69, 9.17) is 18.3 Å². The molecule has 0 saturated heterocycles. The minimum Gasteiger partial charge on any atom is -0.507 e. The highest BCUT2D eigenvalue weighted by atomic mass is 31.2. The smallest absolute Gasteiger partial charge is 0.507 e. The largest absolute Gasteiger partial charge is 0.532 e. The molecule has 0 heterocycles. The van der Waals surface area contributed by atoms with Gasteiger partial charge in [-0.2, -0.15) is 0 Å². The number of phosphoric ester groups is 1. The Morgan fingerprint density at radius 2 is 1.76 bits per heavy atom. The van der Waals surface area contributed by atoms with Crippen LogP contribution >= 0.6 is 7.82 Å². The van der Waals surface area contributed by atoms with Gasteiger partial charge in [0.15, 0.2) is 0 Å².